The van der Waals surface area contributed by atoms with E-state index in [9.17, 15) is 5.11 Å². The maximum atomic E-state index is 9.63. The third kappa shape index (κ3) is 4.97. The Balaban J connectivity index is 2.62. The van der Waals surface area contributed by atoms with E-state index in [-0.39, 0.29) is 11.6 Å². The van der Waals surface area contributed by atoms with Gasteiger partial charge in [0.15, 0.2) is 0 Å². The number of rotatable bonds is 8. The van der Waals surface area contributed by atoms with E-state index in [1.54, 1.807) is 7.11 Å². The smallest absolute Gasteiger partial charge is 0.0864 e. The molecular weight excluding hydrogens is 240 g/mol. The minimum Gasteiger partial charge on any atom is -0.392 e. The number of aliphatic hydroxyl groups excluding tert-OH is 1. The summed E-state index contributed by atoms with van der Waals surface area (Å²) in [5.74, 6) is 0. The molecular formula is C15H28N2O2. The van der Waals surface area contributed by atoms with Gasteiger partial charge in [-0.15, -0.1) is 0 Å². The van der Waals surface area contributed by atoms with Gasteiger partial charge in [0.2, 0.25) is 0 Å². The fourth-order valence-corrected chi connectivity index (χ4v) is 2.14. The molecule has 4 heteroatoms. The Kier molecular flexibility index (Phi) is 6.04. The van der Waals surface area contributed by atoms with E-state index in [0.717, 1.165) is 18.5 Å². The molecule has 0 saturated carbocycles. The molecule has 0 fully saturated rings. The molecule has 0 bridgehead atoms. The van der Waals surface area contributed by atoms with Gasteiger partial charge in [0.25, 0.3) is 0 Å². The molecule has 1 aromatic heterocycles. The first-order valence-corrected chi connectivity index (χ1v) is 6.97. The summed E-state index contributed by atoms with van der Waals surface area (Å²) in [6, 6.07) is 0. The number of H-pyrrole nitrogens is 1. The normalized spacial score (nSPS) is 13.8. The Bertz CT molecular complexity index is 385. The quantitative estimate of drug-likeness (QED) is 0.677. The number of hydrogen-bond donors (Lipinski definition) is 3. The van der Waals surface area contributed by atoms with Crippen molar-refractivity contribution in [2.75, 3.05) is 13.7 Å². The molecule has 1 heterocycles. The molecule has 0 saturated heterocycles. The van der Waals surface area contributed by atoms with Gasteiger partial charge in [0.1, 0.15) is 0 Å². The molecule has 110 valence electrons. The maximum Gasteiger partial charge on any atom is 0.0864 e. The molecule has 1 aromatic rings. The van der Waals surface area contributed by atoms with E-state index in [0.29, 0.717) is 13.2 Å². The largest absolute Gasteiger partial charge is 0.392 e. The first kappa shape index (κ1) is 16.2. The highest BCUT2D eigenvalue weighted by atomic mass is 16.5. The minimum atomic E-state index is -0.268. The fourth-order valence-electron chi connectivity index (χ4n) is 2.14. The number of aromatic nitrogens is 1. The lowest BCUT2D eigenvalue weighted by Gasteiger charge is -2.27. The van der Waals surface area contributed by atoms with Crippen LogP contribution in [0.15, 0.2) is 6.20 Å². The van der Waals surface area contributed by atoms with Gasteiger partial charge < -0.3 is 20.1 Å². The van der Waals surface area contributed by atoms with E-state index in [1.165, 1.54) is 11.1 Å². The zero-order chi connectivity index (χ0) is 14.5. The maximum absolute atomic E-state index is 9.63. The lowest BCUT2D eigenvalue weighted by molar-refractivity contribution is 0.154. The van der Waals surface area contributed by atoms with E-state index >= 15 is 0 Å². The van der Waals surface area contributed by atoms with Crippen molar-refractivity contribution in [3.05, 3.63) is 23.0 Å². The number of β-amino-alcohol motifs (C(OH)–C–C–N with tert-alkyl or cyclic N) is 1. The molecule has 1 atom stereocenters. The highest BCUT2D eigenvalue weighted by molar-refractivity contribution is 5.30. The van der Waals surface area contributed by atoms with Gasteiger partial charge in [-0.2, -0.15) is 0 Å². The number of nitrogens with one attached hydrogen (secondary N) is 2. The standard InChI is InChI=1S/C15H28N2O2/c1-6-13(18)9-17-15(3,4)7-12-8-16-14(10-19-5)11(12)2/h8,13,16-18H,6-7,9-10H2,1-5H3. The van der Waals surface area contributed by atoms with Crippen LogP contribution in [0.25, 0.3) is 0 Å². The Morgan fingerprint density at radius 1 is 1.47 bits per heavy atom. The van der Waals surface area contributed by atoms with Crippen molar-refractivity contribution in [2.45, 2.75) is 58.8 Å². The summed E-state index contributed by atoms with van der Waals surface area (Å²) in [5.41, 5.74) is 3.68. The van der Waals surface area contributed by atoms with Crippen molar-refractivity contribution in [1.82, 2.24) is 10.3 Å². The monoisotopic (exact) mass is 268 g/mol. The van der Waals surface area contributed by atoms with Gasteiger partial charge in [0, 0.05) is 31.1 Å². The van der Waals surface area contributed by atoms with Gasteiger partial charge in [0.05, 0.1) is 12.7 Å². The summed E-state index contributed by atoms with van der Waals surface area (Å²) >= 11 is 0. The van der Waals surface area contributed by atoms with Crippen molar-refractivity contribution < 1.29 is 9.84 Å². The topological polar surface area (TPSA) is 57.3 Å². The average molecular weight is 268 g/mol. The number of methoxy groups -OCH3 is 1. The molecule has 0 aliphatic carbocycles. The summed E-state index contributed by atoms with van der Waals surface area (Å²) in [6.45, 7) is 9.70. The molecule has 1 rings (SSSR count). The lowest BCUT2D eigenvalue weighted by atomic mass is 9.94. The van der Waals surface area contributed by atoms with Crippen molar-refractivity contribution in [1.29, 1.82) is 0 Å². The Hall–Kier alpha value is -0.840. The number of aromatic amines is 1. The van der Waals surface area contributed by atoms with Crippen LogP contribution in [-0.2, 0) is 17.8 Å². The predicted octanol–water partition coefficient (Wildman–Crippen LogP) is 2.15. The van der Waals surface area contributed by atoms with Crippen LogP contribution in [-0.4, -0.2) is 35.4 Å². The van der Waals surface area contributed by atoms with E-state index in [4.69, 9.17) is 4.74 Å². The van der Waals surface area contributed by atoms with Crippen LogP contribution >= 0.6 is 0 Å². The number of hydrogen-bond acceptors (Lipinski definition) is 3. The Morgan fingerprint density at radius 2 is 2.16 bits per heavy atom. The average Bonchev–Trinajstić information content (AvgIpc) is 2.69. The zero-order valence-corrected chi connectivity index (χ0v) is 12.8. The second-order valence-corrected chi connectivity index (χ2v) is 5.85. The third-order valence-corrected chi connectivity index (χ3v) is 3.56. The summed E-state index contributed by atoms with van der Waals surface area (Å²) in [6.07, 6.45) is 3.50. The van der Waals surface area contributed by atoms with E-state index in [2.05, 4.69) is 37.3 Å². The minimum absolute atomic E-state index is 0.0343. The van der Waals surface area contributed by atoms with Crippen LogP contribution in [0.5, 0.6) is 0 Å². The van der Waals surface area contributed by atoms with Crippen LogP contribution in [0.2, 0.25) is 0 Å². The molecule has 0 aliphatic heterocycles. The Labute approximate surface area is 116 Å². The second kappa shape index (κ2) is 7.08. The molecule has 0 radical (unpaired) electrons. The van der Waals surface area contributed by atoms with Crippen LogP contribution in [0.3, 0.4) is 0 Å². The molecule has 0 spiro atoms. The molecule has 3 N–H and O–H groups in total. The molecule has 0 aromatic carbocycles. The second-order valence-electron chi connectivity index (χ2n) is 5.85. The van der Waals surface area contributed by atoms with Crippen LogP contribution in [0, 0.1) is 6.92 Å². The van der Waals surface area contributed by atoms with Crippen molar-refractivity contribution in [2.24, 2.45) is 0 Å². The SMILES string of the molecule is CCC(O)CNC(C)(C)Cc1c[nH]c(COC)c1C. The van der Waals surface area contributed by atoms with Crippen molar-refractivity contribution in [3.8, 4) is 0 Å². The molecule has 1 unspecified atom stereocenters. The predicted molar refractivity (Wildman–Crippen MR) is 78.3 cm³/mol. The first-order valence-electron chi connectivity index (χ1n) is 6.97. The third-order valence-electron chi connectivity index (χ3n) is 3.56. The molecule has 19 heavy (non-hydrogen) atoms. The van der Waals surface area contributed by atoms with Gasteiger partial charge in [-0.3, -0.25) is 0 Å². The lowest BCUT2D eigenvalue weighted by Crippen LogP contribution is -2.45. The summed E-state index contributed by atoms with van der Waals surface area (Å²) in [5, 5.41) is 13.1. The zero-order valence-electron chi connectivity index (χ0n) is 12.8. The van der Waals surface area contributed by atoms with Gasteiger partial charge in [-0.1, -0.05) is 6.92 Å². The highest BCUT2D eigenvalue weighted by Crippen LogP contribution is 2.19. The van der Waals surface area contributed by atoms with Gasteiger partial charge >= 0.3 is 0 Å². The number of ether oxygens (including phenoxy) is 1. The van der Waals surface area contributed by atoms with Crippen molar-refractivity contribution >= 4 is 0 Å². The number of aliphatic hydroxyl groups is 1. The van der Waals surface area contributed by atoms with Gasteiger partial charge in [-0.25, -0.2) is 0 Å². The summed E-state index contributed by atoms with van der Waals surface area (Å²) in [4.78, 5) is 3.27. The summed E-state index contributed by atoms with van der Waals surface area (Å²) < 4.78 is 5.17. The highest BCUT2D eigenvalue weighted by Gasteiger charge is 2.21. The van der Waals surface area contributed by atoms with Crippen molar-refractivity contribution in [3.63, 3.8) is 0 Å². The molecule has 0 amide bonds. The van der Waals surface area contributed by atoms with E-state index < -0.39 is 0 Å². The van der Waals surface area contributed by atoms with Crippen LogP contribution in [0.1, 0.15) is 44.0 Å². The van der Waals surface area contributed by atoms with Crippen LogP contribution < -0.4 is 5.32 Å². The fraction of sp³-hybridized carbons (Fsp3) is 0.733. The Morgan fingerprint density at radius 3 is 2.74 bits per heavy atom. The molecule has 0 aliphatic rings. The van der Waals surface area contributed by atoms with Crippen LogP contribution in [0.4, 0.5) is 0 Å². The first-order chi connectivity index (χ1) is 8.89. The summed E-state index contributed by atoms with van der Waals surface area (Å²) in [7, 11) is 1.71. The molecule has 4 nitrogen and oxygen atoms in total. The van der Waals surface area contributed by atoms with E-state index in [1.807, 2.05) is 6.92 Å². The van der Waals surface area contributed by atoms with Gasteiger partial charge in [-0.05, 0) is 44.7 Å².